The van der Waals surface area contributed by atoms with Crippen molar-refractivity contribution in [3.8, 4) is 6.07 Å². The monoisotopic (exact) mass is 585 g/mol. The van der Waals surface area contributed by atoms with Crippen molar-refractivity contribution in [2.24, 2.45) is 17.3 Å². The van der Waals surface area contributed by atoms with Crippen LogP contribution in [0.2, 0.25) is 0 Å². The van der Waals surface area contributed by atoms with Crippen molar-refractivity contribution in [1.82, 2.24) is 20.9 Å². The van der Waals surface area contributed by atoms with E-state index < -0.39 is 71.0 Å². The molecule has 11 nitrogen and oxygen atoms in total. The van der Waals surface area contributed by atoms with Gasteiger partial charge in [-0.1, -0.05) is 20.8 Å². The van der Waals surface area contributed by atoms with Gasteiger partial charge in [-0.05, 0) is 50.9 Å². The summed E-state index contributed by atoms with van der Waals surface area (Å²) in [5, 5.41) is 17.2. The van der Waals surface area contributed by atoms with Crippen LogP contribution in [0.3, 0.4) is 0 Å². The minimum Gasteiger partial charge on any atom is -0.375 e. The molecular weight excluding hydrogens is 547 g/mol. The van der Waals surface area contributed by atoms with E-state index >= 15 is 0 Å². The first-order valence-electron chi connectivity index (χ1n) is 13.9. The average molecular weight is 586 g/mol. The second kappa shape index (κ2) is 10.7. The molecule has 1 spiro atoms. The Morgan fingerprint density at radius 2 is 1.85 bits per heavy atom. The normalized spacial score (nSPS) is 29.5. The molecule has 3 N–H and O–H groups in total. The number of ether oxygens (including phenoxy) is 2. The molecule has 41 heavy (non-hydrogen) atoms. The Labute approximate surface area is 236 Å². The van der Waals surface area contributed by atoms with Crippen molar-refractivity contribution in [2.45, 2.75) is 102 Å². The molecule has 3 saturated heterocycles. The van der Waals surface area contributed by atoms with E-state index in [1.807, 2.05) is 19.9 Å². The number of nitrogens with zero attached hydrogens (tertiary/aromatic N) is 2. The van der Waals surface area contributed by atoms with E-state index in [1.54, 1.807) is 19.2 Å². The predicted octanol–water partition coefficient (Wildman–Crippen LogP) is 1.17. The second-order valence-electron chi connectivity index (χ2n) is 13.0. The van der Waals surface area contributed by atoms with Crippen LogP contribution in [0, 0.1) is 28.6 Å². The molecule has 0 radical (unpaired) electrons. The molecule has 6 unspecified atom stereocenters. The summed E-state index contributed by atoms with van der Waals surface area (Å²) < 4.78 is 50.7. The van der Waals surface area contributed by atoms with Crippen LogP contribution >= 0.6 is 0 Å². The Bertz CT molecular complexity index is 1130. The Kier molecular flexibility index (Phi) is 8.12. The summed E-state index contributed by atoms with van der Waals surface area (Å²) in [6, 6.07) is -1.87. The van der Waals surface area contributed by atoms with Gasteiger partial charge in [0.1, 0.15) is 23.7 Å². The number of likely N-dealkylation sites (tertiary alicyclic amines) is 1. The summed E-state index contributed by atoms with van der Waals surface area (Å²) in [5.74, 6) is -4.92. The number of hydrogen-bond donors (Lipinski definition) is 3. The zero-order valence-electron chi connectivity index (χ0n) is 23.9. The molecule has 14 heteroatoms. The lowest BCUT2D eigenvalue weighted by atomic mass is 9.80. The molecular formula is C27H38F3N5O6. The van der Waals surface area contributed by atoms with Gasteiger partial charge in [-0.2, -0.15) is 18.4 Å². The standard InChI is InChI=1S/C27H38F3N5O6/c1-14-19(21(37)32-17(10-31)8-16-9-26(6-7-26)34-20(16)36)35(11-24(14,3)4)22(38)18(33-23(39)27(28,29)30)15(2)41-25(5)12-40-13-25/h14-19H,6-9,11-13H2,1-5H3,(H,32,37)(H,33,39)(H,34,36). The van der Waals surface area contributed by atoms with E-state index in [9.17, 15) is 37.6 Å². The highest BCUT2D eigenvalue weighted by molar-refractivity contribution is 5.94. The van der Waals surface area contributed by atoms with Gasteiger partial charge in [-0.25, -0.2) is 0 Å². The van der Waals surface area contributed by atoms with Crippen LogP contribution in [0.1, 0.15) is 60.3 Å². The number of carbonyl (C=O) groups excluding carboxylic acids is 4. The second-order valence-corrected chi connectivity index (χ2v) is 13.0. The molecule has 0 bridgehead atoms. The molecule has 0 aromatic heterocycles. The van der Waals surface area contributed by atoms with E-state index in [4.69, 9.17) is 9.47 Å². The molecule has 4 amide bonds. The van der Waals surface area contributed by atoms with E-state index in [2.05, 4.69) is 10.6 Å². The fourth-order valence-electron chi connectivity index (χ4n) is 6.05. The summed E-state index contributed by atoms with van der Waals surface area (Å²) in [5.41, 5.74) is -1.67. The zero-order chi connectivity index (χ0) is 30.5. The molecule has 0 aromatic carbocycles. The van der Waals surface area contributed by atoms with Crippen molar-refractivity contribution >= 4 is 23.6 Å². The molecule has 3 aliphatic heterocycles. The summed E-state index contributed by atoms with van der Waals surface area (Å²) in [7, 11) is 0. The summed E-state index contributed by atoms with van der Waals surface area (Å²) in [4.78, 5) is 53.0. The van der Waals surface area contributed by atoms with Crippen LogP contribution in [0.15, 0.2) is 0 Å². The number of carbonyl (C=O) groups is 4. The Balaban J connectivity index is 1.53. The maximum Gasteiger partial charge on any atom is 0.471 e. The van der Waals surface area contributed by atoms with Gasteiger partial charge in [0.15, 0.2) is 0 Å². The number of hydrogen-bond acceptors (Lipinski definition) is 7. The van der Waals surface area contributed by atoms with Crippen LogP contribution < -0.4 is 16.0 Å². The number of alkyl halides is 3. The summed E-state index contributed by atoms with van der Waals surface area (Å²) in [6.45, 7) is 8.79. The molecule has 4 rings (SSSR count). The third kappa shape index (κ3) is 6.45. The van der Waals surface area contributed by atoms with Gasteiger partial charge in [0.05, 0.1) is 25.4 Å². The smallest absolute Gasteiger partial charge is 0.375 e. The third-order valence-corrected chi connectivity index (χ3v) is 8.98. The van der Waals surface area contributed by atoms with Crippen LogP contribution in [0.4, 0.5) is 13.2 Å². The number of nitriles is 1. The van der Waals surface area contributed by atoms with E-state index in [0.29, 0.717) is 6.42 Å². The molecule has 4 aliphatic rings. The number of amides is 4. The summed E-state index contributed by atoms with van der Waals surface area (Å²) >= 11 is 0. The third-order valence-electron chi connectivity index (χ3n) is 8.98. The van der Waals surface area contributed by atoms with Crippen LogP contribution in [-0.2, 0) is 28.7 Å². The van der Waals surface area contributed by atoms with Gasteiger partial charge >= 0.3 is 12.1 Å². The molecule has 228 valence electrons. The fraction of sp³-hybridized carbons (Fsp3) is 0.815. The number of nitrogens with one attached hydrogen (secondary N) is 3. The first-order chi connectivity index (χ1) is 18.9. The Morgan fingerprint density at radius 1 is 1.22 bits per heavy atom. The minimum atomic E-state index is -5.25. The number of rotatable bonds is 9. The molecule has 1 aliphatic carbocycles. The largest absolute Gasteiger partial charge is 0.471 e. The van der Waals surface area contributed by atoms with Crippen molar-refractivity contribution < 1.29 is 41.8 Å². The highest BCUT2D eigenvalue weighted by Gasteiger charge is 2.55. The van der Waals surface area contributed by atoms with Gasteiger partial charge < -0.3 is 30.3 Å². The van der Waals surface area contributed by atoms with Crippen LogP contribution in [0.5, 0.6) is 0 Å². The molecule has 1 saturated carbocycles. The average Bonchev–Trinajstić information content (AvgIpc) is 3.46. The Morgan fingerprint density at radius 3 is 2.34 bits per heavy atom. The van der Waals surface area contributed by atoms with Gasteiger partial charge in [-0.3, -0.25) is 19.2 Å². The van der Waals surface area contributed by atoms with Crippen molar-refractivity contribution in [3.05, 3.63) is 0 Å². The maximum absolute atomic E-state index is 13.9. The first kappa shape index (κ1) is 31.0. The zero-order valence-corrected chi connectivity index (χ0v) is 23.9. The topological polar surface area (TPSA) is 150 Å². The number of halogens is 3. The predicted molar refractivity (Wildman–Crippen MR) is 137 cm³/mol. The Hall–Kier alpha value is -2.92. The van der Waals surface area contributed by atoms with Gasteiger partial charge in [-0.15, -0.1) is 0 Å². The van der Waals surface area contributed by atoms with Crippen LogP contribution in [-0.4, -0.2) is 89.8 Å². The molecule has 3 heterocycles. The van der Waals surface area contributed by atoms with Crippen molar-refractivity contribution in [2.75, 3.05) is 19.8 Å². The van der Waals surface area contributed by atoms with E-state index in [-0.39, 0.29) is 37.6 Å². The van der Waals surface area contributed by atoms with Gasteiger partial charge in [0.25, 0.3) is 0 Å². The highest BCUT2D eigenvalue weighted by atomic mass is 19.4. The first-order valence-corrected chi connectivity index (χ1v) is 13.9. The quantitative estimate of drug-likeness (QED) is 0.368. The lowest BCUT2D eigenvalue weighted by molar-refractivity contribution is -0.223. The summed E-state index contributed by atoms with van der Waals surface area (Å²) in [6.07, 6.45) is -3.99. The van der Waals surface area contributed by atoms with Crippen molar-refractivity contribution in [3.63, 3.8) is 0 Å². The minimum absolute atomic E-state index is 0.0152. The molecule has 6 atom stereocenters. The van der Waals surface area contributed by atoms with Crippen LogP contribution in [0.25, 0.3) is 0 Å². The lowest BCUT2D eigenvalue weighted by Gasteiger charge is -2.42. The van der Waals surface area contributed by atoms with E-state index in [0.717, 1.165) is 17.7 Å². The lowest BCUT2D eigenvalue weighted by Crippen LogP contribution is -2.62. The van der Waals surface area contributed by atoms with Gasteiger partial charge in [0.2, 0.25) is 17.7 Å². The molecule has 0 aromatic rings. The fourth-order valence-corrected chi connectivity index (χ4v) is 6.05. The highest BCUT2D eigenvalue weighted by Crippen LogP contribution is 2.46. The van der Waals surface area contributed by atoms with Crippen molar-refractivity contribution in [1.29, 1.82) is 5.26 Å². The van der Waals surface area contributed by atoms with Gasteiger partial charge in [0, 0.05) is 18.0 Å². The molecule has 4 fully saturated rings. The SMILES string of the molecule is CC(OC1(C)COC1)C(NC(=O)C(F)(F)F)C(=O)N1CC(C)(C)C(C)C1C(=O)NC(C#N)CC1CC2(CC2)NC1=O. The van der Waals surface area contributed by atoms with E-state index in [1.165, 1.54) is 6.92 Å². The maximum atomic E-state index is 13.9.